The monoisotopic (exact) mass is 934 g/mol. The minimum atomic E-state index is -0.438. The summed E-state index contributed by atoms with van der Waals surface area (Å²) in [6.07, 6.45) is 16.6. The molecule has 4 aromatic heterocycles. The summed E-state index contributed by atoms with van der Waals surface area (Å²) in [5.41, 5.74) is 7.42. The normalized spacial score (nSPS) is 23.9. The molecular formula is C51H55ClN12O4. The molecule has 0 spiro atoms. The molecule has 16 nitrogen and oxygen atoms in total. The van der Waals surface area contributed by atoms with Crippen molar-refractivity contribution in [3.05, 3.63) is 107 Å². The number of carbonyl (C=O) groups is 2. The number of methoxy groups -OCH3 is 1. The number of nitriles is 1. The van der Waals surface area contributed by atoms with Crippen LogP contribution in [0.15, 0.2) is 85.6 Å². The van der Waals surface area contributed by atoms with Crippen molar-refractivity contribution in [1.29, 1.82) is 5.26 Å². The van der Waals surface area contributed by atoms with Crippen molar-refractivity contribution in [1.82, 2.24) is 44.5 Å². The van der Waals surface area contributed by atoms with E-state index in [9.17, 15) is 14.9 Å². The Balaban J connectivity index is 0.719. The standard InChI is InChI=1S/C51H55ClN12O4/c1-67-42-10-2-32(3-11-42)25-62-40-27-61(28-41(62)31-68-30-40)47-14-4-34(22-54-47)49-50-35(21-53)23-56-64(50)29-46(58-49)36-24-55-63(26-36)39-8-6-38(7-9-39)60-18-16-33(17-19-60)43-12-5-37(20-44(43)52)57-45-13-15-48(65)59-51(45)66/h2-5,10-12,14,20,22-24,26,29,33,38-41,45,57H,6-9,13,15-19,25,27-28,30-31H2,1H3,(H,59,65,66). The van der Waals surface area contributed by atoms with Gasteiger partial charge in [-0.3, -0.25) is 24.5 Å². The van der Waals surface area contributed by atoms with Crippen LogP contribution in [0, 0.1) is 11.3 Å². The fraction of sp³-hybridized carbons (Fsp3) is 0.431. The molecule has 11 rings (SSSR count). The number of likely N-dealkylation sites (tertiary alicyclic amines) is 1. The number of hydrogen-bond donors (Lipinski definition) is 2. The quantitative estimate of drug-likeness (QED) is 0.129. The van der Waals surface area contributed by atoms with Crippen molar-refractivity contribution in [2.45, 2.75) is 94.0 Å². The average molecular weight is 936 g/mol. The molecule has 6 aromatic rings. The fourth-order valence-corrected chi connectivity index (χ4v) is 11.5. The van der Waals surface area contributed by atoms with E-state index in [1.165, 1.54) is 5.56 Å². The number of ether oxygens (including phenoxy) is 2. The van der Waals surface area contributed by atoms with E-state index in [0.29, 0.717) is 60.8 Å². The number of nitrogens with zero attached hydrogens (tertiary/aromatic N) is 10. The smallest absolute Gasteiger partial charge is 0.249 e. The topological polar surface area (TPSA) is 171 Å². The van der Waals surface area contributed by atoms with Gasteiger partial charge in [0.15, 0.2) is 0 Å². The van der Waals surface area contributed by atoms with Crippen LogP contribution < -0.4 is 20.3 Å². The Labute approximate surface area is 400 Å². The van der Waals surface area contributed by atoms with Crippen molar-refractivity contribution in [2.75, 3.05) is 56.7 Å². The summed E-state index contributed by atoms with van der Waals surface area (Å²) in [5, 5.41) is 25.9. The lowest BCUT2D eigenvalue weighted by atomic mass is 9.85. The Morgan fingerprint density at radius 3 is 2.35 bits per heavy atom. The number of fused-ring (bicyclic) bond motifs is 3. The van der Waals surface area contributed by atoms with Crippen LogP contribution in [0.4, 0.5) is 11.5 Å². The van der Waals surface area contributed by atoms with Crippen LogP contribution in [0.1, 0.15) is 80.0 Å². The van der Waals surface area contributed by atoms with Gasteiger partial charge in [0, 0.05) is 66.3 Å². The third-order valence-electron chi connectivity index (χ3n) is 14.9. The number of halogens is 1. The lowest BCUT2D eigenvalue weighted by Gasteiger charge is -2.50. The number of benzene rings is 2. The highest BCUT2D eigenvalue weighted by Gasteiger charge is 2.39. The van der Waals surface area contributed by atoms with Crippen LogP contribution in [0.25, 0.3) is 28.0 Å². The number of carbonyl (C=O) groups excluding carboxylic acids is 2. The molecule has 2 aromatic carbocycles. The highest BCUT2D eigenvalue weighted by Crippen LogP contribution is 2.39. The van der Waals surface area contributed by atoms with Crippen LogP contribution in [-0.4, -0.2) is 122 Å². The van der Waals surface area contributed by atoms with Gasteiger partial charge in [0.25, 0.3) is 0 Å². The summed E-state index contributed by atoms with van der Waals surface area (Å²) < 4.78 is 15.3. The molecule has 2 N–H and O–H groups in total. The van der Waals surface area contributed by atoms with Crippen molar-refractivity contribution < 1.29 is 19.1 Å². The minimum absolute atomic E-state index is 0.225. The maximum Gasteiger partial charge on any atom is 0.249 e. The number of piperidine rings is 2. The van der Waals surface area contributed by atoms with Gasteiger partial charge in [-0.2, -0.15) is 15.5 Å². The van der Waals surface area contributed by atoms with Gasteiger partial charge in [-0.15, -0.1) is 0 Å². The van der Waals surface area contributed by atoms with Crippen molar-refractivity contribution in [3.63, 3.8) is 0 Å². The summed E-state index contributed by atoms with van der Waals surface area (Å²) >= 11 is 6.83. The average Bonchev–Trinajstić information content (AvgIpc) is 4.04. The Hall–Kier alpha value is -6.38. The van der Waals surface area contributed by atoms with E-state index < -0.39 is 6.04 Å². The molecule has 3 unspecified atom stereocenters. The molecule has 3 atom stereocenters. The zero-order valence-electron chi connectivity index (χ0n) is 38.1. The lowest BCUT2D eigenvalue weighted by Crippen LogP contribution is -2.64. The van der Waals surface area contributed by atoms with Gasteiger partial charge < -0.3 is 24.6 Å². The van der Waals surface area contributed by atoms with E-state index in [-0.39, 0.29) is 23.9 Å². The van der Waals surface area contributed by atoms with Crippen molar-refractivity contribution >= 4 is 40.4 Å². The van der Waals surface area contributed by atoms with Crippen LogP contribution in [-0.2, 0) is 20.9 Å². The number of piperazine rings is 1. The molecule has 4 aliphatic heterocycles. The number of amides is 2. The third-order valence-corrected chi connectivity index (χ3v) is 15.2. The Morgan fingerprint density at radius 1 is 0.868 bits per heavy atom. The fourth-order valence-electron chi connectivity index (χ4n) is 11.2. The van der Waals surface area contributed by atoms with Crippen LogP contribution in [0.2, 0.25) is 5.02 Å². The molecule has 5 fully saturated rings. The van der Waals surface area contributed by atoms with E-state index in [0.717, 1.165) is 116 Å². The van der Waals surface area contributed by atoms with Gasteiger partial charge in [0.05, 0.1) is 68.4 Å². The van der Waals surface area contributed by atoms with Gasteiger partial charge >= 0.3 is 0 Å². The highest BCUT2D eigenvalue weighted by atomic mass is 35.5. The Kier molecular flexibility index (Phi) is 12.3. The van der Waals surface area contributed by atoms with E-state index in [2.05, 4.69) is 77.7 Å². The van der Waals surface area contributed by atoms with Crippen LogP contribution in [0.5, 0.6) is 5.75 Å². The number of aromatic nitrogens is 6. The maximum atomic E-state index is 12.3. The number of anilines is 2. The number of hydrogen-bond acceptors (Lipinski definition) is 13. The molecule has 350 valence electrons. The predicted octanol–water partition coefficient (Wildman–Crippen LogP) is 6.86. The molecule has 4 saturated heterocycles. The first-order valence-electron chi connectivity index (χ1n) is 23.9. The molecule has 5 aliphatic rings. The minimum Gasteiger partial charge on any atom is -0.497 e. The lowest BCUT2D eigenvalue weighted by molar-refractivity contribution is -0.133. The van der Waals surface area contributed by atoms with Gasteiger partial charge in [-0.25, -0.2) is 14.5 Å². The van der Waals surface area contributed by atoms with Gasteiger partial charge in [-0.05, 0) is 111 Å². The summed E-state index contributed by atoms with van der Waals surface area (Å²) in [6.45, 7) is 5.91. The van der Waals surface area contributed by atoms with Crippen LogP contribution in [0.3, 0.4) is 0 Å². The van der Waals surface area contributed by atoms with E-state index in [1.807, 2.05) is 42.9 Å². The zero-order chi connectivity index (χ0) is 46.3. The number of morpholine rings is 1. The van der Waals surface area contributed by atoms with E-state index in [4.69, 9.17) is 36.1 Å². The molecule has 68 heavy (non-hydrogen) atoms. The first-order valence-corrected chi connectivity index (χ1v) is 24.3. The second-order valence-electron chi connectivity index (χ2n) is 19.0. The van der Waals surface area contributed by atoms with Gasteiger partial charge in [0.2, 0.25) is 11.8 Å². The largest absolute Gasteiger partial charge is 0.497 e. The van der Waals surface area contributed by atoms with Crippen LogP contribution >= 0.6 is 11.6 Å². The third kappa shape index (κ3) is 8.91. The molecular weight excluding hydrogens is 880 g/mol. The Bertz CT molecular complexity index is 2830. The van der Waals surface area contributed by atoms with Gasteiger partial charge in [-0.1, -0.05) is 29.8 Å². The highest BCUT2D eigenvalue weighted by molar-refractivity contribution is 6.31. The molecule has 1 saturated carbocycles. The zero-order valence-corrected chi connectivity index (χ0v) is 38.9. The molecule has 0 radical (unpaired) electrons. The Morgan fingerprint density at radius 2 is 1.65 bits per heavy atom. The SMILES string of the molecule is COc1ccc(CN2C3COCC2CN(c2ccc(-c4nc(-c5cnn(C6CCC(N7CCC(c8ccc(NC9CCC(=O)NC9=O)cc8Cl)CC7)CC6)c5)cn5ncc(C#N)c45)cn2)C3)cc1. The van der Waals surface area contributed by atoms with Crippen molar-refractivity contribution in [2.24, 2.45) is 0 Å². The van der Waals surface area contributed by atoms with E-state index >= 15 is 0 Å². The second-order valence-corrected chi connectivity index (χ2v) is 19.4. The number of rotatable bonds is 11. The van der Waals surface area contributed by atoms with E-state index in [1.54, 1.807) is 17.8 Å². The number of imide groups is 1. The molecule has 1 aliphatic carbocycles. The summed E-state index contributed by atoms with van der Waals surface area (Å²) in [7, 11) is 1.69. The van der Waals surface area contributed by atoms with Gasteiger partial charge in [0.1, 0.15) is 34.8 Å². The molecule has 17 heteroatoms. The second kappa shape index (κ2) is 19.0. The predicted molar refractivity (Wildman–Crippen MR) is 257 cm³/mol. The molecule has 2 bridgehead atoms. The summed E-state index contributed by atoms with van der Waals surface area (Å²) in [4.78, 5) is 41.6. The van der Waals surface area contributed by atoms with Crippen molar-refractivity contribution in [3.8, 4) is 34.3 Å². The molecule has 8 heterocycles. The summed E-state index contributed by atoms with van der Waals surface area (Å²) in [5.74, 6) is 1.64. The number of nitrogens with one attached hydrogen (secondary N) is 2. The maximum absolute atomic E-state index is 12.3. The first kappa shape index (κ1) is 44.1. The summed E-state index contributed by atoms with van der Waals surface area (Å²) in [6, 6.07) is 21.6. The number of pyridine rings is 1. The first-order chi connectivity index (χ1) is 33.3. The molecule has 2 amide bonds.